The second-order valence-electron chi connectivity index (χ2n) is 5.73. The first-order valence-corrected chi connectivity index (χ1v) is 5.89. The van der Waals surface area contributed by atoms with Gasteiger partial charge in [-0.1, -0.05) is 20.8 Å². The van der Waals surface area contributed by atoms with E-state index >= 15 is 0 Å². The number of hydrogen-bond donors (Lipinski definition) is 1. The minimum Gasteiger partial charge on any atom is -0.508 e. The van der Waals surface area contributed by atoms with Gasteiger partial charge in [0.1, 0.15) is 11.6 Å². The summed E-state index contributed by atoms with van der Waals surface area (Å²) in [5.74, 6) is -0.158. The van der Waals surface area contributed by atoms with Crippen LogP contribution in [0.15, 0.2) is 18.2 Å². The molecule has 0 aliphatic heterocycles. The van der Waals surface area contributed by atoms with Gasteiger partial charge in [0.15, 0.2) is 0 Å². The minimum absolute atomic E-state index is 0.150. The zero-order chi connectivity index (χ0) is 13.2. The van der Waals surface area contributed by atoms with Crippen molar-refractivity contribution < 1.29 is 9.50 Å². The van der Waals surface area contributed by atoms with Crippen LogP contribution in [0.5, 0.6) is 5.75 Å². The number of phenolic OH excluding ortho intramolecular Hbond substituents is 1. The SMILES string of the molecule is CC(N(C)Cc1cc(F)ccc1O)C(C)(C)C. The average Bonchev–Trinajstić information content (AvgIpc) is 2.21. The molecule has 1 N–H and O–H groups in total. The van der Waals surface area contributed by atoms with E-state index in [1.807, 2.05) is 7.05 Å². The van der Waals surface area contributed by atoms with Crippen molar-refractivity contribution in [3.05, 3.63) is 29.6 Å². The molecule has 0 amide bonds. The van der Waals surface area contributed by atoms with Crippen molar-refractivity contribution in [2.75, 3.05) is 7.05 Å². The predicted molar refractivity (Wildman–Crippen MR) is 68.4 cm³/mol. The first-order valence-electron chi connectivity index (χ1n) is 5.89. The summed E-state index contributed by atoms with van der Waals surface area (Å²) in [5, 5.41) is 9.68. The molecule has 96 valence electrons. The quantitative estimate of drug-likeness (QED) is 0.874. The molecule has 17 heavy (non-hydrogen) atoms. The Bertz CT molecular complexity index is 384. The molecule has 0 aromatic heterocycles. The van der Waals surface area contributed by atoms with Crippen LogP contribution in [0.25, 0.3) is 0 Å². The molecule has 1 aromatic carbocycles. The maximum atomic E-state index is 13.1. The second kappa shape index (κ2) is 5.05. The standard InChI is InChI=1S/C14H22FNO/c1-10(14(2,3)4)16(5)9-11-8-12(15)6-7-13(11)17/h6-8,10,17H,9H2,1-5H3. The Kier molecular flexibility index (Phi) is 4.15. The second-order valence-corrected chi connectivity index (χ2v) is 5.73. The van der Waals surface area contributed by atoms with Gasteiger partial charge in [-0.15, -0.1) is 0 Å². The molecule has 0 fully saturated rings. The van der Waals surface area contributed by atoms with Gasteiger partial charge in [-0.25, -0.2) is 4.39 Å². The van der Waals surface area contributed by atoms with Crippen LogP contribution in [0.4, 0.5) is 4.39 Å². The lowest BCUT2D eigenvalue weighted by Crippen LogP contribution is -2.38. The summed E-state index contributed by atoms with van der Waals surface area (Å²) >= 11 is 0. The van der Waals surface area contributed by atoms with E-state index in [4.69, 9.17) is 0 Å². The summed E-state index contributed by atoms with van der Waals surface area (Å²) in [4.78, 5) is 2.12. The summed E-state index contributed by atoms with van der Waals surface area (Å²) in [6.45, 7) is 9.18. The van der Waals surface area contributed by atoms with Crippen LogP contribution < -0.4 is 0 Å². The number of nitrogens with zero attached hydrogens (tertiary/aromatic N) is 1. The van der Waals surface area contributed by atoms with E-state index < -0.39 is 0 Å². The van der Waals surface area contributed by atoms with Gasteiger partial charge < -0.3 is 5.11 Å². The van der Waals surface area contributed by atoms with Gasteiger partial charge in [0.25, 0.3) is 0 Å². The molecule has 0 heterocycles. The zero-order valence-electron chi connectivity index (χ0n) is 11.3. The third kappa shape index (κ3) is 3.70. The number of hydrogen-bond acceptors (Lipinski definition) is 2. The molecule has 3 heteroatoms. The molecular weight excluding hydrogens is 217 g/mol. The topological polar surface area (TPSA) is 23.5 Å². The number of aromatic hydroxyl groups is 1. The summed E-state index contributed by atoms with van der Waals surface area (Å²) in [5.41, 5.74) is 0.779. The Labute approximate surface area is 103 Å². The van der Waals surface area contributed by atoms with Crippen molar-refractivity contribution in [2.45, 2.75) is 40.3 Å². The summed E-state index contributed by atoms with van der Waals surface area (Å²) in [6.07, 6.45) is 0. The number of rotatable bonds is 3. The minimum atomic E-state index is -0.311. The smallest absolute Gasteiger partial charge is 0.123 e. The number of benzene rings is 1. The van der Waals surface area contributed by atoms with Crippen molar-refractivity contribution in [2.24, 2.45) is 5.41 Å². The highest BCUT2D eigenvalue weighted by atomic mass is 19.1. The van der Waals surface area contributed by atoms with Gasteiger partial charge in [-0.05, 0) is 37.6 Å². The van der Waals surface area contributed by atoms with Gasteiger partial charge in [-0.2, -0.15) is 0 Å². The highest BCUT2D eigenvalue weighted by molar-refractivity contribution is 5.32. The first-order chi connectivity index (χ1) is 7.71. The van der Waals surface area contributed by atoms with E-state index in [0.29, 0.717) is 18.2 Å². The lowest BCUT2D eigenvalue weighted by molar-refractivity contribution is 0.133. The Morgan fingerprint density at radius 3 is 2.47 bits per heavy atom. The van der Waals surface area contributed by atoms with Gasteiger partial charge in [0, 0.05) is 18.2 Å². The monoisotopic (exact) mass is 239 g/mol. The lowest BCUT2D eigenvalue weighted by atomic mass is 9.87. The van der Waals surface area contributed by atoms with Crippen LogP contribution in [0.3, 0.4) is 0 Å². The van der Waals surface area contributed by atoms with E-state index in [2.05, 4.69) is 32.6 Å². The van der Waals surface area contributed by atoms with Crippen LogP contribution in [0.1, 0.15) is 33.3 Å². The average molecular weight is 239 g/mol. The Morgan fingerprint density at radius 2 is 1.94 bits per heavy atom. The van der Waals surface area contributed by atoms with Crippen molar-refractivity contribution in [1.29, 1.82) is 0 Å². The molecule has 2 nitrogen and oxygen atoms in total. The van der Waals surface area contributed by atoms with Crippen molar-refractivity contribution in [3.63, 3.8) is 0 Å². The Balaban J connectivity index is 2.81. The number of phenols is 1. The van der Waals surface area contributed by atoms with Crippen LogP contribution in [0.2, 0.25) is 0 Å². The normalized spacial score (nSPS) is 14.1. The molecule has 0 spiro atoms. The van der Waals surface area contributed by atoms with Gasteiger partial charge in [-0.3, -0.25) is 4.90 Å². The molecule has 0 saturated heterocycles. The van der Waals surface area contributed by atoms with Crippen molar-refractivity contribution >= 4 is 0 Å². The largest absolute Gasteiger partial charge is 0.508 e. The zero-order valence-corrected chi connectivity index (χ0v) is 11.3. The van der Waals surface area contributed by atoms with E-state index in [1.54, 1.807) is 0 Å². The molecule has 1 atom stereocenters. The molecule has 0 saturated carbocycles. The molecule has 1 aromatic rings. The van der Waals surface area contributed by atoms with E-state index in [9.17, 15) is 9.50 Å². The third-order valence-electron chi connectivity index (χ3n) is 3.38. The van der Waals surface area contributed by atoms with Gasteiger partial charge in [0.05, 0.1) is 0 Å². The molecule has 1 unspecified atom stereocenters. The molecule has 0 aliphatic rings. The van der Waals surface area contributed by atoms with E-state index in [-0.39, 0.29) is 17.0 Å². The fourth-order valence-electron chi connectivity index (χ4n) is 1.75. The van der Waals surface area contributed by atoms with Crippen LogP contribution in [-0.2, 0) is 6.54 Å². The third-order valence-corrected chi connectivity index (χ3v) is 3.38. The highest BCUT2D eigenvalue weighted by Gasteiger charge is 2.24. The van der Waals surface area contributed by atoms with Crippen molar-refractivity contribution in [1.82, 2.24) is 4.90 Å². The maximum absolute atomic E-state index is 13.1. The highest BCUT2D eigenvalue weighted by Crippen LogP contribution is 2.26. The number of halogens is 1. The summed E-state index contributed by atoms with van der Waals surface area (Å²) < 4.78 is 13.1. The predicted octanol–water partition coefficient (Wildman–Crippen LogP) is 3.40. The molecule has 1 rings (SSSR count). The first kappa shape index (κ1) is 14.0. The lowest BCUT2D eigenvalue weighted by Gasteiger charge is -2.35. The molecular formula is C14H22FNO. The molecule has 0 aliphatic carbocycles. The fraction of sp³-hybridized carbons (Fsp3) is 0.571. The fourth-order valence-corrected chi connectivity index (χ4v) is 1.75. The maximum Gasteiger partial charge on any atom is 0.123 e. The Hall–Kier alpha value is -1.09. The van der Waals surface area contributed by atoms with Crippen LogP contribution in [0, 0.1) is 11.2 Å². The van der Waals surface area contributed by atoms with Gasteiger partial charge >= 0.3 is 0 Å². The van der Waals surface area contributed by atoms with Gasteiger partial charge in [0.2, 0.25) is 0 Å². The summed E-state index contributed by atoms with van der Waals surface area (Å²) in [7, 11) is 1.99. The Morgan fingerprint density at radius 1 is 1.35 bits per heavy atom. The van der Waals surface area contributed by atoms with Crippen LogP contribution >= 0.6 is 0 Å². The van der Waals surface area contributed by atoms with Crippen molar-refractivity contribution in [3.8, 4) is 5.75 Å². The molecule has 0 bridgehead atoms. The van der Waals surface area contributed by atoms with Crippen LogP contribution in [-0.4, -0.2) is 23.1 Å². The van der Waals surface area contributed by atoms with E-state index in [1.165, 1.54) is 18.2 Å². The summed E-state index contributed by atoms with van der Waals surface area (Å²) in [6, 6.07) is 4.40. The van der Waals surface area contributed by atoms with E-state index in [0.717, 1.165) is 0 Å². The molecule has 0 radical (unpaired) electrons.